The Morgan fingerprint density at radius 3 is 2.90 bits per heavy atom. The topological polar surface area (TPSA) is 44.1 Å². The summed E-state index contributed by atoms with van der Waals surface area (Å²) in [5.41, 5.74) is 1.58. The minimum atomic E-state index is -0.274. The molecule has 0 aliphatic heterocycles. The van der Waals surface area contributed by atoms with Crippen LogP contribution < -0.4 is 0 Å². The molecule has 0 saturated carbocycles. The lowest BCUT2D eigenvalue weighted by atomic mass is 10.1. The Labute approximate surface area is 120 Å². The van der Waals surface area contributed by atoms with Gasteiger partial charge in [0, 0.05) is 28.9 Å². The molecule has 0 unspecified atom stereocenters. The Morgan fingerprint density at radius 2 is 2.20 bits per heavy atom. The maximum atomic E-state index is 12.3. The van der Waals surface area contributed by atoms with Gasteiger partial charge in [0.1, 0.15) is 0 Å². The second kappa shape index (κ2) is 5.09. The van der Waals surface area contributed by atoms with Gasteiger partial charge in [-0.15, -0.1) is 11.3 Å². The first-order valence-electron chi connectivity index (χ1n) is 6.38. The normalized spacial score (nSPS) is 10.9. The largest absolute Gasteiger partial charge is 0.462 e. The first-order valence-corrected chi connectivity index (χ1v) is 7.20. The number of fused-ring (bicyclic) bond motifs is 1. The number of benzene rings is 1. The molecule has 0 bridgehead atoms. The highest BCUT2D eigenvalue weighted by Crippen LogP contribution is 2.38. The van der Waals surface area contributed by atoms with Crippen LogP contribution in [0.25, 0.3) is 20.5 Å². The van der Waals surface area contributed by atoms with Gasteiger partial charge in [-0.05, 0) is 13.0 Å². The molecule has 0 amide bonds. The standard InChI is InChI=1S/C15H14N2O2S/c1-3-19-15(18)13-11-6-4-5-7-12(11)20-14(13)10-8-16-17(2)9-10/h4-9H,3H2,1-2H3. The number of carbonyl (C=O) groups excluding carboxylic acids is 1. The molecule has 0 atom stereocenters. The second-order valence-corrected chi connectivity index (χ2v) is 5.48. The summed E-state index contributed by atoms with van der Waals surface area (Å²) in [6.07, 6.45) is 3.68. The molecule has 3 aromatic rings. The van der Waals surface area contributed by atoms with E-state index in [-0.39, 0.29) is 5.97 Å². The lowest BCUT2D eigenvalue weighted by Crippen LogP contribution is -2.04. The van der Waals surface area contributed by atoms with Crippen LogP contribution in [0.4, 0.5) is 0 Å². The van der Waals surface area contributed by atoms with Gasteiger partial charge in [0.15, 0.2) is 0 Å². The van der Waals surface area contributed by atoms with Gasteiger partial charge in [0.2, 0.25) is 0 Å². The van der Waals surface area contributed by atoms with E-state index in [1.165, 1.54) is 0 Å². The van der Waals surface area contributed by atoms with Crippen molar-refractivity contribution in [2.45, 2.75) is 6.92 Å². The Balaban J connectivity index is 2.25. The van der Waals surface area contributed by atoms with Gasteiger partial charge in [-0.2, -0.15) is 5.10 Å². The molecular formula is C15H14N2O2S. The predicted octanol–water partition coefficient (Wildman–Crippen LogP) is 3.48. The minimum absolute atomic E-state index is 0.274. The summed E-state index contributed by atoms with van der Waals surface area (Å²) in [5, 5.41) is 5.12. The lowest BCUT2D eigenvalue weighted by Gasteiger charge is -2.03. The predicted molar refractivity (Wildman–Crippen MR) is 80.0 cm³/mol. The smallest absolute Gasteiger partial charge is 0.340 e. The molecule has 0 aliphatic rings. The van der Waals surface area contributed by atoms with Crippen LogP contribution in [-0.4, -0.2) is 22.4 Å². The lowest BCUT2D eigenvalue weighted by molar-refractivity contribution is 0.0530. The number of aryl methyl sites for hydroxylation is 1. The van der Waals surface area contributed by atoms with E-state index in [4.69, 9.17) is 4.74 Å². The third kappa shape index (κ3) is 2.10. The molecule has 20 heavy (non-hydrogen) atoms. The van der Waals surface area contributed by atoms with E-state index in [0.29, 0.717) is 12.2 Å². The maximum absolute atomic E-state index is 12.3. The van der Waals surface area contributed by atoms with E-state index < -0.39 is 0 Å². The molecule has 4 nitrogen and oxygen atoms in total. The maximum Gasteiger partial charge on any atom is 0.340 e. The summed E-state index contributed by atoms with van der Waals surface area (Å²) in [5.74, 6) is -0.274. The highest BCUT2D eigenvalue weighted by Gasteiger charge is 2.21. The molecule has 0 N–H and O–H groups in total. The fourth-order valence-electron chi connectivity index (χ4n) is 2.19. The van der Waals surface area contributed by atoms with Crippen molar-refractivity contribution in [3.63, 3.8) is 0 Å². The van der Waals surface area contributed by atoms with Crippen molar-refractivity contribution in [2.75, 3.05) is 6.61 Å². The van der Waals surface area contributed by atoms with Crippen molar-refractivity contribution in [1.82, 2.24) is 9.78 Å². The van der Waals surface area contributed by atoms with Crippen molar-refractivity contribution < 1.29 is 9.53 Å². The number of carbonyl (C=O) groups is 1. The monoisotopic (exact) mass is 286 g/mol. The molecule has 0 radical (unpaired) electrons. The van der Waals surface area contributed by atoms with Crippen LogP contribution >= 0.6 is 11.3 Å². The average molecular weight is 286 g/mol. The van der Waals surface area contributed by atoms with E-state index in [2.05, 4.69) is 5.10 Å². The number of hydrogen-bond donors (Lipinski definition) is 0. The summed E-state index contributed by atoms with van der Waals surface area (Å²) >= 11 is 1.59. The van der Waals surface area contributed by atoms with Crippen LogP contribution in [0.2, 0.25) is 0 Å². The highest BCUT2D eigenvalue weighted by molar-refractivity contribution is 7.22. The van der Waals surface area contributed by atoms with E-state index >= 15 is 0 Å². The Morgan fingerprint density at radius 1 is 1.40 bits per heavy atom. The zero-order valence-electron chi connectivity index (χ0n) is 11.3. The van der Waals surface area contributed by atoms with Crippen LogP contribution in [0.15, 0.2) is 36.7 Å². The summed E-state index contributed by atoms with van der Waals surface area (Å²) in [4.78, 5) is 13.2. The first-order chi connectivity index (χ1) is 9.70. The number of hydrogen-bond acceptors (Lipinski definition) is 4. The van der Waals surface area contributed by atoms with Crippen molar-refractivity contribution in [1.29, 1.82) is 0 Å². The second-order valence-electron chi connectivity index (χ2n) is 4.43. The summed E-state index contributed by atoms with van der Waals surface area (Å²) in [7, 11) is 1.86. The molecule has 2 heterocycles. The fourth-order valence-corrected chi connectivity index (χ4v) is 3.36. The third-order valence-corrected chi connectivity index (χ3v) is 4.26. The third-order valence-electron chi connectivity index (χ3n) is 3.04. The van der Waals surface area contributed by atoms with Crippen LogP contribution in [-0.2, 0) is 11.8 Å². The Bertz CT molecular complexity index is 773. The number of esters is 1. The van der Waals surface area contributed by atoms with Gasteiger partial charge in [0.05, 0.1) is 23.2 Å². The number of aromatic nitrogens is 2. The summed E-state index contributed by atoms with van der Waals surface area (Å²) in [6, 6.07) is 7.88. The Hall–Kier alpha value is -2.14. The van der Waals surface area contributed by atoms with Crippen molar-refractivity contribution in [3.05, 3.63) is 42.2 Å². The van der Waals surface area contributed by atoms with Gasteiger partial charge in [0.25, 0.3) is 0 Å². The molecule has 5 heteroatoms. The molecule has 0 fully saturated rings. The first kappa shape index (κ1) is 12.9. The minimum Gasteiger partial charge on any atom is -0.462 e. The average Bonchev–Trinajstić information content (AvgIpc) is 3.02. The zero-order valence-corrected chi connectivity index (χ0v) is 12.1. The van der Waals surface area contributed by atoms with Gasteiger partial charge in [-0.1, -0.05) is 18.2 Å². The molecule has 0 saturated heterocycles. The summed E-state index contributed by atoms with van der Waals surface area (Å²) in [6.45, 7) is 2.19. The molecule has 2 aromatic heterocycles. The fraction of sp³-hybridized carbons (Fsp3) is 0.200. The summed E-state index contributed by atoms with van der Waals surface area (Å²) < 4.78 is 8.01. The molecule has 102 valence electrons. The molecular weight excluding hydrogens is 272 g/mol. The van der Waals surface area contributed by atoms with Gasteiger partial charge in [-0.3, -0.25) is 4.68 Å². The van der Waals surface area contributed by atoms with Crippen molar-refractivity contribution in [2.24, 2.45) is 7.05 Å². The van der Waals surface area contributed by atoms with E-state index in [0.717, 1.165) is 20.5 Å². The number of ether oxygens (including phenoxy) is 1. The zero-order chi connectivity index (χ0) is 14.1. The van der Waals surface area contributed by atoms with E-state index in [9.17, 15) is 4.79 Å². The van der Waals surface area contributed by atoms with Crippen LogP contribution in [0.1, 0.15) is 17.3 Å². The van der Waals surface area contributed by atoms with Crippen LogP contribution in [0, 0.1) is 0 Å². The van der Waals surface area contributed by atoms with E-state index in [1.54, 1.807) is 22.2 Å². The molecule has 3 rings (SSSR count). The molecule has 0 aliphatic carbocycles. The van der Waals surface area contributed by atoms with Crippen LogP contribution in [0.3, 0.4) is 0 Å². The van der Waals surface area contributed by atoms with E-state index in [1.807, 2.05) is 44.4 Å². The van der Waals surface area contributed by atoms with Crippen molar-refractivity contribution >= 4 is 27.4 Å². The molecule has 1 aromatic carbocycles. The SMILES string of the molecule is CCOC(=O)c1c(-c2cnn(C)c2)sc2ccccc12. The van der Waals surface area contributed by atoms with Crippen molar-refractivity contribution in [3.8, 4) is 10.4 Å². The van der Waals surface area contributed by atoms with Gasteiger partial charge in [-0.25, -0.2) is 4.79 Å². The number of rotatable bonds is 3. The number of thiophene rings is 1. The number of nitrogens with zero attached hydrogens (tertiary/aromatic N) is 2. The highest BCUT2D eigenvalue weighted by atomic mass is 32.1. The van der Waals surface area contributed by atoms with Crippen LogP contribution in [0.5, 0.6) is 0 Å². The van der Waals surface area contributed by atoms with Gasteiger partial charge < -0.3 is 4.74 Å². The Kier molecular flexibility index (Phi) is 3.28. The molecule has 0 spiro atoms. The van der Waals surface area contributed by atoms with Gasteiger partial charge >= 0.3 is 5.97 Å². The quantitative estimate of drug-likeness (QED) is 0.692.